The predicted molar refractivity (Wildman–Crippen MR) is 81.1 cm³/mol. The Kier molecular flexibility index (Phi) is 8.72. The summed E-state index contributed by atoms with van der Waals surface area (Å²) in [5, 5.41) is 3.22. The van der Waals surface area contributed by atoms with Gasteiger partial charge in [-0.05, 0) is 32.0 Å². The molecule has 1 aromatic heterocycles. The molecule has 1 saturated heterocycles. The topological polar surface area (TPSA) is 45.2 Å². The van der Waals surface area contributed by atoms with E-state index in [0.717, 1.165) is 31.6 Å². The quantitative estimate of drug-likeness (QED) is 0.920. The molecule has 4 nitrogen and oxygen atoms in total. The highest BCUT2D eigenvalue weighted by molar-refractivity contribution is 5.85. The number of nitrogens with one attached hydrogen (secondary N) is 1. The van der Waals surface area contributed by atoms with Gasteiger partial charge in [-0.25, -0.2) is 0 Å². The van der Waals surface area contributed by atoms with Crippen molar-refractivity contribution in [3.05, 3.63) is 30.1 Å². The molecule has 1 aliphatic rings. The molecule has 0 radical (unpaired) electrons. The lowest BCUT2D eigenvalue weighted by atomic mass is 10.2. The summed E-state index contributed by atoms with van der Waals surface area (Å²) in [5.74, 6) is 0.244. The molecule has 19 heavy (non-hydrogen) atoms. The number of carbonyl (C=O) groups excluding carboxylic acids is 1. The van der Waals surface area contributed by atoms with Crippen molar-refractivity contribution in [3.63, 3.8) is 0 Å². The minimum atomic E-state index is 0. The number of pyridine rings is 1. The molecule has 1 N–H and O–H groups in total. The van der Waals surface area contributed by atoms with Crippen molar-refractivity contribution in [2.45, 2.75) is 25.3 Å². The van der Waals surface area contributed by atoms with Gasteiger partial charge in [0.25, 0.3) is 0 Å². The number of hydrogen-bond acceptors (Lipinski definition) is 3. The summed E-state index contributed by atoms with van der Waals surface area (Å²) in [6.45, 7) is 1.73. The molecule has 1 aromatic rings. The fourth-order valence-electron chi connectivity index (χ4n) is 2.16. The molecule has 0 aromatic carbocycles. The summed E-state index contributed by atoms with van der Waals surface area (Å²) in [4.78, 5) is 18.1. The lowest BCUT2D eigenvalue weighted by molar-refractivity contribution is -0.130. The molecule has 108 valence electrons. The highest BCUT2D eigenvalue weighted by Gasteiger charge is 2.24. The van der Waals surface area contributed by atoms with Gasteiger partial charge in [-0.2, -0.15) is 0 Å². The first kappa shape index (κ1) is 18.2. The maximum atomic E-state index is 12.0. The average Bonchev–Trinajstić information content (AvgIpc) is 2.86. The van der Waals surface area contributed by atoms with Crippen LogP contribution in [-0.4, -0.2) is 42.0 Å². The van der Waals surface area contributed by atoms with E-state index in [0.29, 0.717) is 12.5 Å². The number of aryl methyl sites for hydroxylation is 1. The minimum Gasteiger partial charge on any atom is -0.341 e. The minimum absolute atomic E-state index is 0. The monoisotopic (exact) mass is 305 g/mol. The third-order valence-electron chi connectivity index (χ3n) is 3.27. The summed E-state index contributed by atoms with van der Waals surface area (Å²) >= 11 is 0. The summed E-state index contributed by atoms with van der Waals surface area (Å²) < 4.78 is 0. The van der Waals surface area contributed by atoms with Gasteiger partial charge >= 0.3 is 0 Å². The number of carbonyl (C=O) groups is 1. The number of aromatic nitrogens is 1. The van der Waals surface area contributed by atoms with Gasteiger partial charge in [0.15, 0.2) is 0 Å². The van der Waals surface area contributed by atoms with Crippen LogP contribution in [0.3, 0.4) is 0 Å². The fraction of sp³-hybridized carbons (Fsp3) is 0.538. The largest absolute Gasteiger partial charge is 0.341 e. The second-order valence-corrected chi connectivity index (χ2v) is 4.44. The highest BCUT2D eigenvalue weighted by Crippen LogP contribution is 2.11. The predicted octanol–water partition coefficient (Wildman–Crippen LogP) is 1.68. The first-order valence-electron chi connectivity index (χ1n) is 6.14. The van der Waals surface area contributed by atoms with E-state index in [4.69, 9.17) is 0 Å². The molecular weight excluding hydrogens is 285 g/mol. The molecule has 0 saturated carbocycles. The number of halogens is 2. The van der Waals surface area contributed by atoms with Crippen LogP contribution in [0.15, 0.2) is 24.4 Å². The number of likely N-dealkylation sites (N-methyl/N-ethyl adjacent to an activating group) is 1. The Balaban J connectivity index is 0.00000162. The van der Waals surface area contributed by atoms with Crippen molar-refractivity contribution in [1.29, 1.82) is 0 Å². The number of rotatable bonds is 4. The summed E-state index contributed by atoms with van der Waals surface area (Å²) in [5.41, 5.74) is 0.991. The second kappa shape index (κ2) is 9.13. The highest BCUT2D eigenvalue weighted by atomic mass is 35.5. The fourth-order valence-corrected chi connectivity index (χ4v) is 2.16. The second-order valence-electron chi connectivity index (χ2n) is 4.44. The number of amides is 1. The molecule has 1 amide bonds. The average molecular weight is 306 g/mol. The lowest BCUT2D eigenvalue weighted by Crippen LogP contribution is -2.33. The van der Waals surface area contributed by atoms with Crippen LogP contribution in [0.2, 0.25) is 0 Å². The Morgan fingerprint density at radius 2 is 2.26 bits per heavy atom. The lowest BCUT2D eigenvalue weighted by Gasteiger charge is -2.16. The molecule has 1 unspecified atom stereocenters. The molecule has 0 bridgehead atoms. The maximum absolute atomic E-state index is 12.0. The molecule has 1 fully saturated rings. The van der Waals surface area contributed by atoms with E-state index in [1.807, 2.05) is 30.1 Å². The van der Waals surface area contributed by atoms with Crippen LogP contribution in [0.1, 0.15) is 18.5 Å². The molecule has 6 heteroatoms. The Hall–Kier alpha value is -0.840. The van der Waals surface area contributed by atoms with Crippen molar-refractivity contribution in [3.8, 4) is 0 Å². The molecule has 2 rings (SSSR count). The number of likely N-dealkylation sites (tertiary alicyclic amines) is 1. The van der Waals surface area contributed by atoms with E-state index in [1.165, 1.54) is 0 Å². The Morgan fingerprint density at radius 3 is 2.84 bits per heavy atom. The van der Waals surface area contributed by atoms with Crippen LogP contribution in [0.5, 0.6) is 0 Å². The Bertz CT molecular complexity index is 375. The normalized spacial score (nSPS) is 17.5. The van der Waals surface area contributed by atoms with Crippen molar-refractivity contribution in [2.24, 2.45) is 0 Å². The van der Waals surface area contributed by atoms with Crippen LogP contribution in [0.4, 0.5) is 0 Å². The summed E-state index contributed by atoms with van der Waals surface area (Å²) in [7, 11) is 1.95. The van der Waals surface area contributed by atoms with Gasteiger partial charge in [0.05, 0.1) is 0 Å². The molecule has 1 aliphatic heterocycles. The summed E-state index contributed by atoms with van der Waals surface area (Å²) in [6, 6.07) is 6.28. The Labute approximate surface area is 126 Å². The van der Waals surface area contributed by atoms with E-state index < -0.39 is 0 Å². The standard InChI is InChI=1S/C13H19N3O.2ClH/c1-14-12-7-9-16(10-12)13(17)6-5-11-4-2-3-8-15-11;;/h2-4,8,12,14H,5-7,9-10H2,1H3;2*1H. The SMILES string of the molecule is CNC1CCN(C(=O)CCc2ccccn2)C1.Cl.Cl. The van der Waals surface area contributed by atoms with E-state index in [1.54, 1.807) is 6.20 Å². The molecule has 1 atom stereocenters. The number of hydrogen-bond donors (Lipinski definition) is 1. The molecule has 0 spiro atoms. The van der Waals surface area contributed by atoms with Crippen LogP contribution in [-0.2, 0) is 11.2 Å². The van der Waals surface area contributed by atoms with Crippen molar-refractivity contribution < 1.29 is 4.79 Å². The molecular formula is C13H21Cl2N3O. The first-order chi connectivity index (χ1) is 8.29. The van der Waals surface area contributed by atoms with E-state index in [9.17, 15) is 4.79 Å². The number of nitrogens with zero attached hydrogens (tertiary/aromatic N) is 2. The van der Waals surface area contributed by atoms with Crippen molar-refractivity contribution in [2.75, 3.05) is 20.1 Å². The first-order valence-corrected chi connectivity index (χ1v) is 6.14. The van der Waals surface area contributed by atoms with E-state index in [2.05, 4.69) is 10.3 Å². The maximum Gasteiger partial charge on any atom is 0.223 e. The third-order valence-corrected chi connectivity index (χ3v) is 3.27. The zero-order chi connectivity index (χ0) is 12.1. The Morgan fingerprint density at radius 1 is 1.47 bits per heavy atom. The van der Waals surface area contributed by atoms with Crippen LogP contribution >= 0.6 is 24.8 Å². The van der Waals surface area contributed by atoms with Crippen LogP contribution in [0.25, 0.3) is 0 Å². The van der Waals surface area contributed by atoms with Crippen molar-refractivity contribution in [1.82, 2.24) is 15.2 Å². The van der Waals surface area contributed by atoms with E-state index in [-0.39, 0.29) is 30.7 Å². The van der Waals surface area contributed by atoms with Gasteiger partial charge in [0.2, 0.25) is 5.91 Å². The van der Waals surface area contributed by atoms with Gasteiger partial charge in [-0.3, -0.25) is 9.78 Å². The van der Waals surface area contributed by atoms with Gasteiger partial charge in [-0.15, -0.1) is 24.8 Å². The molecule has 0 aliphatic carbocycles. The summed E-state index contributed by atoms with van der Waals surface area (Å²) in [6.07, 6.45) is 4.13. The molecule has 2 heterocycles. The van der Waals surface area contributed by atoms with Gasteiger partial charge in [0.1, 0.15) is 0 Å². The van der Waals surface area contributed by atoms with Gasteiger partial charge < -0.3 is 10.2 Å². The third kappa shape index (κ3) is 5.35. The van der Waals surface area contributed by atoms with E-state index >= 15 is 0 Å². The van der Waals surface area contributed by atoms with Crippen LogP contribution in [0, 0.1) is 0 Å². The van der Waals surface area contributed by atoms with Crippen LogP contribution < -0.4 is 5.32 Å². The zero-order valence-corrected chi connectivity index (χ0v) is 12.7. The van der Waals surface area contributed by atoms with Gasteiger partial charge in [0, 0.05) is 37.4 Å². The van der Waals surface area contributed by atoms with Crippen molar-refractivity contribution >= 4 is 30.7 Å². The zero-order valence-electron chi connectivity index (χ0n) is 11.0. The van der Waals surface area contributed by atoms with Gasteiger partial charge in [-0.1, -0.05) is 6.07 Å². The smallest absolute Gasteiger partial charge is 0.223 e.